The van der Waals surface area contributed by atoms with E-state index in [0.29, 0.717) is 11.7 Å². The Morgan fingerprint density at radius 3 is 2.79 bits per heavy atom. The molecule has 130 valence electrons. The fraction of sp³-hybridized carbons (Fsp3) is 0.579. The third-order valence-corrected chi connectivity index (χ3v) is 4.93. The lowest BCUT2D eigenvalue weighted by Gasteiger charge is -2.31. The second-order valence-electron chi connectivity index (χ2n) is 7.77. The number of hydrogen-bond acceptors (Lipinski definition) is 5. The quantitative estimate of drug-likeness (QED) is 0.926. The Bertz CT molecular complexity index is 702. The average Bonchev–Trinajstić information content (AvgIpc) is 3.17. The summed E-state index contributed by atoms with van der Waals surface area (Å²) in [6, 6.07) is 6.19. The summed E-state index contributed by atoms with van der Waals surface area (Å²) in [5.41, 5.74) is 3.52. The molecule has 5 nitrogen and oxygen atoms in total. The van der Waals surface area contributed by atoms with Crippen LogP contribution in [0.25, 0.3) is 11.4 Å². The highest BCUT2D eigenvalue weighted by atomic mass is 16.5. The Morgan fingerprint density at radius 1 is 1.33 bits per heavy atom. The monoisotopic (exact) mass is 328 g/mol. The maximum Gasteiger partial charge on any atom is 0.227 e. The number of benzene rings is 1. The van der Waals surface area contributed by atoms with Crippen molar-refractivity contribution in [2.75, 3.05) is 25.5 Å². The van der Waals surface area contributed by atoms with Gasteiger partial charge in [0.15, 0.2) is 0 Å². The van der Waals surface area contributed by atoms with Crippen LogP contribution in [-0.2, 0) is 6.42 Å². The molecular formula is C19H28N4O. The van der Waals surface area contributed by atoms with Gasteiger partial charge < -0.3 is 9.84 Å². The molecule has 0 spiro atoms. The first-order valence-corrected chi connectivity index (χ1v) is 8.73. The van der Waals surface area contributed by atoms with E-state index >= 15 is 0 Å². The van der Waals surface area contributed by atoms with Crippen molar-refractivity contribution in [3.05, 3.63) is 29.7 Å². The molecule has 1 atom stereocenters. The molecular weight excluding hydrogens is 300 g/mol. The lowest BCUT2D eigenvalue weighted by atomic mass is 10.0. The maximum absolute atomic E-state index is 5.51. The summed E-state index contributed by atoms with van der Waals surface area (Å²) in [4.78, 5) is 7.15. The van der Waals surface area contributed by atoms with Gasteiger partial charge in [-0.1, -0.05) is 17.3 Å². The van der Waals surface area contributed by atoms with Crippen LogP contribution >= 0.6 is 0 Å². The van der Waals surface area contributed by atoms with Gasteiger partial charge in [0.05, 0.1) is 0 Å². The van der Waals surface area contributed by atoms with Crippen LogP contribution in [0.2, 0.25) is 0 Å². The van der Waals surface area contributed by atoms with Gasteiger partial charge in [-0.3, -0.25) is 4.90 Å². The van der Waals surface area contributed by atoms with E-state index in [1.807, 2.05) is 13.1 Å². The Morgan fingerprint density at radius 2 is 2.12 bits per heavy atom. The first-order valence-electron chi connectivity index (χ1n) is 8.73. The van der Waals surface area contributed by atoms with Crippen LogP contribution in [0.5, 0.6) is 0 Å². The van der Waals surface area contributed by atoms with E-state index in [-0.39, 0.29) is 5.54 Å². The van der Waals surface area contributed by atoms with Gasteiger partial charge in [-0.25, -0.2) is 0 Å². The fourth-order valence-electron chi connectivity index (χ4n) is 3.34. The minimum atomic E-state index is 0.236. The largest absolute Gasteiger partial charge is 0.388 e. The van der Waals surface area contributed by atoms with Gasteiger partial charge in [-0.05, 0) is 58.2 Å². The lowest BCUT2D eigenvalue weighted by molar-refractivity contribution is 0.167. The highest BCUT2D eigenvalue weighted by Crippen LogP contribution is 2.28. The van der Waals surface area contributed by atoms with E-state index in [1.54, 1.807) is 0 Å². The molecule has 1 aromatic carbocycles. The molecule has 0 amide bonds. The number of aromatic nitrogens is 2. The summed E-state index contributed by atoms with van der Waals surface area (Å²) in [5.74, 6) is 2.02. The van der Waals surface area contributed by atoms with Gasteiger partial charge in [0, 0.05) is 36.8 Å². The van der Waals surface area contributed by atoms with Gasteiger partial charge >= 0.3 is 0 Å². The molecule has 24 heavy (non-hydrogen) atoms. The first-order chi connectivity index (χ1) is 11.4. The van der Waals surface area contributed by atoms with Crippen molar-refractivity contribution >= 4 is 5.69 Å². The minimum absolute atomic E-state index is 0.236. The molecule has 0 aliphatic carbocycles. The molecule has 2 aromatic rings. The maximum atomic E-state index is 5.51. The van der Waals surface area contributed by atoms with E-state index in [4.69, 9.17) is 4.52 Å². The number of aryl methyl sites for hydroxylation is 1. The molecule has 1 fully saturated rings. The number of nitrogens with one attached hydrogen (secondary N) is 1. The van der Waals surface area contributed by atoms with E-state index < -0.39 is 0 Å². The first kappa shape index (κ1) is 17.0. The second-order valence-corrected chi connectivity index (χ2v) is 7.77. The third-order valence-electron chi connectivity index (χ3n) is 4.93. The highest BCUT2D eigenvalue weighted by Gasteiger charge is 2.31. The van der Waals surface area contributed by atoms with Crippen molar-refractivity contribution in [2.24, 2.45) is 5.92 Å². The van der Waals surface area contributed by atoms with Gasteiger partial charge in [-0.2, -0.15) is 4.98 Å². The summed E-state index contributed by atoms with van der Waals surface area (Å²) >= 11 is 0. The van der Waals surface area contributed by atoms with E-state index in [9.17, 15) is 0 Å². The SMILES string of the molecule is CNc1cc(-c2noc(CC3CCN(C(C)(C)C)C3)n2)ccc1C. The topological polar surface area (TPSA) is 54.2 Å². The second kappa shape index (κ2) is 6.55. The molecule has 1 aliphatic rings. The Hall–Kier alpha value is -1.88. The molecule has 0 radical (unpaired) electrons. The number of rotatable bonds is 4. The van der Waals surface area contributed by atoms with Gasteiger partial charge in [0.1, 0.15) is 0 Å². The molecule has 1 unspecified atom stereocenters. The zero-order chi connectivity index (χ0) is 17.3. The predicted octanol–water partition coefficient (Wildman–Crippen LogP) is 3.75. The van der Waals surface area contributed by atoms with Crippen LogP contribution in [-0.4, -0.2) is 40.7 Å². The fourth-order valence-corrected chi connectivity index (χ4v) is 3.34. The summed E-state index contributed by atoms with van der Waals surface area (Å²) in [6.45, 7) is 11.2. The molecule has 3 rings (SSSR count). The van der Waals surface area contributed by atoms with Crippen molar-refractivity contribution in [2.45, 2.75) is 46.1 Å². The smallest absolute Gasteiger partial charge is 0.227 e. The highest BCUT2D eigenvalue weighted by molar-refractivity contribution is 5.64. The van der Waals surface area contributed by atoms with Crippen molar-refractivity contribution < 1.29 is 4.52 Å². The predicted molar refractivity (Wildman–Crippen MR) is 97.2 cm³/mol. The van der Waals surface area contributed by atoms with Crippen molar-refractivity contribution in [1.29, 1.82) is 0 Å². The zero-order valence-electron chi connectivity index (χ0n) is 15.4. The molecule has 1 aromatic heterocycles. The Balaban J connectivity index is 1.68. The Labute approximate surface area is 144 Å². The van der Waals surface area contributed by atoms with E-state index in [0.717, 1.165) is 36.7 Å². The third kappa shape index (κ3) is 3.61. The van der Waals surface area contributed by atoms with E-state index in [2.05, 4.69) is 60.2 Å². The van der Waals surface area contributed by atoms with Crippen LogP contribution in [0, 0.1) is 12.8 Å². The molecule has 1 saturated heterocycles. The van der Waals surface area contributed by atoms with Gasteiger partial charge in [-0.15, -0.1) is 0 Å². The average molecular weight is 328 g/mol. The molecule has 0 saturated carbocycles. The van der Waals surface area contributed by atoms with Crippen LogP contribution in [0.3, 0.4) is 0 Å². The molecule has 5 heteroatoms. The minimum Gasteiger partial charge on any atom is -0.388 e. The Kier molecular flexibility index (Phi) is 4.63. The van der Waals surface area contributed by atoms with Crippen molar-refractivity contribution in [1.82, 2.24) is 15.0 Å². The molecule has 0 bridgehead atoms. The van der Waals surface area contributed by atoms with Crippen LogP contribution in [0.4, 0.5) is 5.69 Å². The number of likely N-dealkylation sites (tertiary alicyclic amines) is 1. The lowest BCUT2D eigenvalue weighted by Crippen LogP contribution is -2.39. The molecule has 2 heterocycles. The standard InChI is InChI=1S/C19H28N4O/c1-13-6-7-15(11-16(13)20-5)18-21-17(24-22-18)10-14-8-9-23(12-14)19(2,3)4/h6-7,11,14,20H,8-10,12H2,1-5H3. The summed E-state index contributed by atoms with van der Waals surface area (Å²) < 4.78 is 5.51. The summed E-state index contributed by atoms with van der Waals surface area (Å²) in [5, 5.41) is 7.37. The molecule has 1 N–H and O–H groups in total. The summed E-state index contributed by atoms with van der Waals surface area (Å²) in [7, 11) is 1.93. The van der Waals surface area contributed by atoms with Crippen LogP contribution < -0.4 is 5.32 Å². The normalized spacial score (nSPS) is 19.0. The van der Waals surface area contributed by atoms with Crippen molar-refractivity contribution in [3.8, 4) is 11.4 Å². The molecule has 1 aliphatic heterocycles. The van der Waals surface area contributed by atoms with Crippen LogP contribution in [0.15, 0.2) is 22.7 Å². The van der Waals surface area contributed by atoms with Gasteiger partial charge in [0.2, 0.25) is 11.7 Å². The van der Waals surface area contributed by atoms with E-state index in [1.165, 1.54) is 12.0 Å². The van der Waals surface area contributed by atoms with Gasteiger partial charge in [0.25, 0.3) is 0 Å². The number of anilines is 1. The number of hydrogen-bond donors (Lipinski definition) is 1. The summed E-state index contributed by atoms with van der Waals surface area (Å²) in [6.07, 6.45) is 2.06. The van der Waals surface area contributed by atoms with Crippen LogP contribution in [0.1, 0.15) is 38.6 Å². The van der Waals surface area contributed by atoms with Crippen molar-refractivity contribution in [3.63, 3.8) is 0 Å². The zero-order valence-corrected chi connectivity index (χ0v) is 15.4. The number of nitrogens with zero attached hydrogens (tertiary/aromatic N) is 3.